The Morgan fingerprint density at radius 1 is 1.58 bits per heavy atom. The third kappa shape index (κ3) is 2.48. The minimum Gasteiger partial charge on any atom is -0.475 e. The van der Waals surface area contributed by atoms with Gasteiger partial charge in [-0.15, -0.1) is 5.10 Å². The van der Waals surface area contributed by atoms with E-state index in [2.05, 4.69) is 32.1 Å². The van der Waals surface area contributed by atoms with Gasteiger partial charge in [0.05, 0.1) is 11.3 Å². The van der Waals surface area contributed by atoms with E-state index in [4.69, 9.17) is 10.4 Å². The summed E-state index contributed by atoms with van der Waals surface area (Å²) in [5.41, 5.74) is 0.911. The summed E-state index contributed by atoms with van der Waals surface area (Å²) in [6.45, 7) is 1.84. The van der Waals surface area contributed by atoms with E-state index < -0.39 is 5.97 Å². The molecule has 0 radical (unpaired) electrons. The summed E-state index contributed by atoms with van der Waals surface area (Å²) in [5, 5.41) is 22.0. The van der Waals surface area contributed by atoms with Crippen LogP contribution in [0.15, 0.2) is 22.7 Å². The lowest BCUT2D eigenvalue weighted by atomic mass is 10.2. The molecule has 0 spiro atoms. The molecule has 0 aliphatic heterocycles. The van der Waals surface area contributed by atoms with E-state index in [9.17, 15) is 4.79 Å². The molecule has 1 N–H and O–H groups in total. The molecule has 96 valence electrons. The van der Waals surface area contributed by atoms with E-state index in [1.54, 1.807) is 18.2 Å². The fourth-order valence-corrected chi connectivity index (χ4v) is 2.00. The third-order valence-corrected chi connectivity index (χ3v) is 2.98. The number of aryl methyl sites for hydroxylation is 1. The molecule has 0 saturated carbocycles. The maximum Gasteiger partial charge on any atom is 0.375 e. The van der Waals surface area contributed by atoms with Gasteiger partial charge in [-0.1, -0.05) is 22.9 Å². The van der Waals surface area contributed by atoms with Crippen LogP contribution < -0.4 is 0 Å². The number of rotatable bonds is 3. The lowest BCUT2D eigenvalue weighted by Gasteiger charge is -2.06. The van der Waals surface area contributed by atoms with Crippen LogP contribution in [0.4, 0.5) is 0 Å². The summed E-state index contributed by atoms with van der Waals surface area (Å²) in [6.07, 6.45) is 0.515. The van der Waals surface area contributed by atoms with Crippen LogP contribution in [0.2, 0.25) is 0 Å². The summed E-state index contributed by atoms with van der Waals surface area (Å²) >= 11 is 3.28. The van der Waals surface area contributed by atoms with E-state index >= 15 is 0 Å². The maximum atomic E-state index is 10.9. The van der Waals surface area contributed by atoms with Gasteiger partial charge in [0.2, 0.25) is 0 Å². The van der Waals surface area contributed by atoms with Gasteiger partial charge in [-0.25, -0.2) is 14.5 Å². The average molecular weight is 321 g/mol. The second-order valence-electron chi connectivity index (χ2n) is 3.70. The molecule has 0 bridgehead atoms. The van der Waals surface area contributed by atoms with E-state index in [-0.39, 0.29) is 5.82 Å². The Morgan fingerprint density at radius 2 is 2.32 bits per heavy atom. The van der Waals surface area contributed by atoms with Crippen molar-refractivity contribution in [3.63, 3.8) is 0 Å². The quantitative estimate of drug-likeness (QED) is 0.935. The smallest absolute Gasteiger partial charge is 0.375 e. The lowest BCUT2D eigenvalue weighted by molar-refractivity contribution is 0.0683. The third-order valence-electron chi connectivity index (χ3n) is 2.49. The minimum atomic E-state index is -1.19. The number of nitrogens with zero attached hydrogens (tertiary/aromatic N) is 4. The van der Waals surface area contributed by atoms with Crippen molar-refractivity contribution in [3.05, 3.63) is 39.9 Å². The van der Waals surface area contributed by atoms with Gasteiger partial charge in [-0.05, 0) is 18.2 Å². The van der Waals surface area contributed by atoms with Crippen molar-refractivity contribution >= 4 is 21.9 Å². The van der Waals surface area contributed by atoms with Gasteiger partial charge in [-0.2, -0.15) is 5.26 Å². The van der Waals surface area contributed by atoms with Crippen molar-refractivity contribution in [2.75, 3.05) is 0 Å². The number of hydrogen-bond donors (Lipinski definition) is 1. The maximum absolute atomic E-state index is 10.9. The van der Waals surface area contributed by atoms with Gasteiger partial charge >= 0.3 is 5.97 Å². The van der Waals surface area contributed by atoms with Crippen molar-refractivity contribution in [1.82, 2.24) is 14.8 Å². The van der Waals surface area contributed by atoms with Crippen LogP contribution >= 0.6 is 15.9 Å². The molecule has 0 aliphatic carbocycles. The number of aromatic nitrogens is 3. The fraction of sp³-hybridized carbons (Fsp3) is 0.167. The molecule has 1 aromatic carbocycles. The first-order valence-electron chi connectivity index (χ1n) is 5.46. The molecule has 0 unspecified atom stereocenters. The molecule has 0 atom stereocenters. The first-order chi connectivity index (χ1) is 9.06. The first-order valence-corrected chi connectivity index (χ1v) is 6.25. The minimum absolute atomic E-state index is 0.274. The number of benzene rings is 1. The molecule has 0 amide bonds. The second-order valence-corrected chi connectivity index (χ2v) is 4.61. The number of carbonyl (C=O) groups is 1. The Kier molecular flexibility index (Phi) is 3.62. The molecule has 7 heteroatoms. The van der Waals surface area contributed by atoms with Gasteiger partial charge in [-0.3, -0.25) is 0 Å². The Labute approximate surface area is 117 Å². The molecule has 6 nitrogen and oxygen atoms in total. The van der Waals surface area contributed by atoms with Crippen LogP contribution in [-0.4, -0.2) is 25.8 Å². The zero-order chi connectivity index (χ0) is 14.0. The molecule has 0 saturated heterocycles. The normalized spacial score (nSPS) is 10.2. The largest absolute Gasteiger partial charge is 0.475 e. The summed E-state index contributed by atoms with van der Waals surface area (Å²) in [6, 6.07) is 7.17. The predicted octanol–water partition coefficient (Wildman–Crippen LogP) is 2.16. The summed E-state index contributed by atoms with van der Waals surface area (Å²) < 4.78 is 2.17. The monoisotopic (exact) mass is 320 g/mol. The zero-order valence-electron chi connectivity index (χ0n) is 9.96. The summed E-state index contributed by atoms with van der Waals surface area (Å²) in [7, 11) is 0. The van der Waals surface area contributed by atoms with Crippen LogP contribution in [0.25, 0.3) is 5.69 Å². The second kappa shape index (κ2) is 5.20. The molecule has 1 aromatic heterocycles. The average Bonchev–Trinajstić information content (AvgIpc) is 2.82. The van der Waals surface area contributed by atoms with Crippen molar-refractivity contribution in [2.45, 2.75) is 13.3 Å². The van der Waals surface area contributed by atoms with E-state index in [0.29, 0.717) is 23.5 Å². The molecule has 19 heavy (non-hydrogen) atoms. The predicted molar refractivity (Wildman–Crippen MR) is 70.1 cm³/mol. The topological polar surface area (TPSA) is 91.8 Å². The SMILES string of the molecule is CCc1nc(C(=O)O)nn1-c1ccc(Br)cc1C#N. The fourth-order valence-electron chi connectivity index (χ4n) is 1.64. The Balaban J connectivity index is 2.65. The number of carboxylic acid groups (broad SMARTS) is 1. The number of carboxylic acids is 1. The van der Waals surface area contributed by atoms with E-state index in [0.717, 1.165) is 4.47 Å². The van der Waals surface area contributed by atoms with Gasteiger partial charge in [0.1, 0.15) is 11.9 Å². The van der Waals surface area contributed by atoms with E-state index in [1.165, 1.54) is 4.68 Å². The molecule has 0 aliphatic rings. The lowest BCUT2D eigenvalue weighted by Crippen LogP contribution is -2.05. The van der Waals surface area contributed by atoms with Crippen molar-refractivity contribution in [1.29, 1.82) is 5.26 Å². The molecule has 2 rings (SSSR count). The summed E-state index contributed by atoms with van der Waals surface area (Å²) in [4.78, 5) is 14.8. The van der Waals surface area contributed by atoms with Gasteiger partial charge in [0, 0.05) is 10.9 Å². The number of nitriles is 1. The Hall–Kier alpha value is -2.20. The Morgan fingerprint density at radius 3 is 2.89 bits per heavy atom. The van der Waals surface area contributed by atoms with Crippen molar-refractivity contribution in [2.24, 2.45) is 0 Å². The van der Waals surface area contributed by atoms with Crippen LogP contribution in [-0.2, 0) is 6.42 Å². The van der Waals surface area contributed by atoms with Crippen LogP contribution in [0.3, 0.4) is 0 Å². The number of halogens is 1. The Bertz CT molecular complexity index is 688. The first kappa shape index (κ1) is 13.2. The molecular formula is C12H9BrN4O2. The van der Waals surface area contributed by atoms with Gasteiger partial charge in [0.25, 0.3) is 5.82 Å². The molecular weight excluding hydrogens is 312 g/mol. The van der Waals surface area contributed by atoms with Crippen LogP contribution in [0.5, 0.6) is 0 Å². The van der Waals surface area contributed by atoms with Crippen molar-refractivity contribution in [3.8, 4) is 11.8 Å². The van der Waals surface area contributed by atoms with Gasteiger partial charge < -0.3 is 5.11 Å². The number of hydrogen-bond acceptors (Lipinski definition) is 4. The van der Waals surface area contributed by atoms with E-state index in [1.807, 2.05) is 6.92 Å². The standard InChI is InChI=1S/C12H9BrN4O2/c1-2-10-15-11(12(18)19)16-17(10)9-4-3-8(13)5-7(9)6-14/h3-5H,2H2,1H3,(H,18,19). The highest BCUT2D eigenvalue weighted by Crippen LogP contribution is 2.20. The zero-order valence-corrected chi connectivity index (χ0v) is 11.5. The van der Waals surface area contributed by atoms with Crippen LogP contribution in [0, 0.1) is 11.3 Å². The molecule has 2 aromatic rings. The van der Waals surface area contributed by atoms with Gasteiger partial charge in [0.15, 0.2) is 0 Å². The highest BCUT2D eigenvalue weighted by molar-refractivity contribution is 9.10. The number of aromatic carboxylic acids is 1. The van der Waals surface area contributed by atoms with Crippen LogP contribution in [0.1, 0.15) is 28.9 Å². The summed E-state index contributed by atoms with van der Waals surface area (Å²) in [5.74, 6) is -0.969. The highest BCUT2D eigenvalue weighted by Gasteiger charge is 2.17. The van der Waals surface area contributed by atoms with Crippen molar-refractivity contribution < 1.29 is 9.90 Å². The molecule has 1 heterocycles. The molecule has 0 fully saturated rings. The highest BCUT2D eigenvalue weighted by atomic mass is 79.9.